The zero-order valence-electron chi connectivity index (χ0n) is 9.75. The second kappa shape index (κ2) is 4.20. The molecular formula is C14H16O2. The lowest BCUT2D eigenvalue weighted by molar-refractivity contribution is -0.116. The average Bonchev–Trinajstić information content (AvgIpc) is 2.28. The van der Waals surface area contributed by atoms with Crippen molar-refractivity contribution in [1.29, 1.82) is 0 Å². The summed E-state index contributed by atoms with van der Waals surface area (Å²) in [7, 11) is 0. The molecule has 16 heavy (non-hydrogen) atoms. The summed E-state index contributed by atoms with van der Waals surface area (Å²) in [6.07, 6.45) is 8.80. The van der Waals surface area contributed by atoms with E-state index in [1.807, 2.05) is 0 Å². The van der Waals surface area contributed by atoms with E-state index in [9.17, 15) is 9.59 Å². The van der Waals surface area contributed by atoms with Crippen molar-refractivity contribution in [2.75, 3.05) is 0 Å². The fraction of sp³-hybridized carbons (Fsp3) is 0.429. The average molecular weight is 216 g/mol. The summed E-state index contributed by atoms with van der Waals surface area (Å²) in [5.41, 5.74) is 1.93. The van der Waals surface area contributed by atoms with Gasteiger partial charge in [0.2, 0.25) is 0 Å². The van der Waals surface area contributed by atoms with E-state index in [4.69, 9.17) is 0 Å². The monoisotopic (exact) mass is 216 g/mol. The van der Waals surface area contributed by atoms with Gasteiger partial charge in [0.15, 0.2) is 11.6 Å². The maximum absolute atomic E-state index is 12.1. The van der Waals surface area contributed by atoms with Gasteiger partial charge in [0, 0.05) is 22.6 Å². The summed E-state index contributed by atoms with van der Waals surface area (Å²) in [6.45, 7) is 3.49. The standard InChI is InChI=1S/C14H16O2/c1-9-8-12(15)10(2)13(14(9)16)11-6-4-3-5-7-11/h4,6,8,11H,3,5,7H2,1-2H3. The van der Waals surface area contributed by atoms with Gasteiger partial charge in [0.05, 0.1) is 0 Å². The Morgan fingerprint density at radius 2 is 2.00 bits per heavy atom. The Kier molecular flexibility index (Phi) is 2.90. The molecular weight excluding hydrogens is 200 g/mol. The summed E-state index contributed by atoms with van der Waals surface area (Å²) >= 11 is 0. The van der Waals surface area contributed by atoms with Crippen LogP contribution in [0.15, 0.2) is 34.9 Å². The van der Waals surface area contributed by atoms with E-state index in [0.717, 1.165) is 24.8 Å². The molecule has 1 atom stereocenters. The first-order chi connectivity index (χ1) is 7.61. The molecule has 0 aromatic rings. The normalized spacial score (nSPS) is 26.1. The summed E-state index contributed by atoms with van der Waals surface area (Å²) in [6, 6.07) is 0. The molecule has 2 nitrogen and oxygen atoms in total. The van der Waals surface area contributed by atoms with Crippen molar-refractivity contribution in [3.05, 3.63) is 34.9 Å². The minimum atomic E-state index is -0.00827. The molecule has 0 spiro atoms. The van der Waals surface area contributed by atoms with Crippen molar-refractivity contribution in [2.24, 2.45) is 5.92 Å². The van der Waals surface area contributed by atoms with E-state index in [0.29, 0.717) is 11.1 Å². The number of carbonyl (C=O) groups is 2. The topological polar surface area (TPSA) is 34.1 Å². The smallest absolute Gasteiger partial charge is 0.185 e. The third-order valence-electron chi connectivity index (χ3n) is 3.35. The van der Waals surface area contributed by atoms with E-state index >= 15 is 0 Å². The highest BCUT2D eigenvalue weighted by Gasteiger charge is 2.28. The van der Waals surface area contributed by atoms with Gasteiger partial charge in [-0.2, -0.15) is 0 Å². The highest BCUT2D eigenvalue weighted by molar-refractivity contribution is 6.22. The predicted molar refractivity (Wildman–Crippen MR) is 63.0 cm³/mol. The SMILES string of the molecule is CC1=CC(=O)C(C)=C(C2C=CCCC2)C1=O. The highest BCUT2D eigenvalue weighted by Crippen LogP contribution is 2.31. The molecule has 0 heterocycles. The molecule has 0 N–H and O–H groups in total. The van der Waals surface area contributed by atoms with Gasteiger partial charge in [-0.3, -0.25) is 9.59 Å². The summed E-state index contributed by atoms with van der Waals surface area (Å²) in [4.78, 5) is 23.8. The predicted octanol–water partition coefficient (Wildman–Crippen LogP) is 2.76. The molecule has 2 heteroatoms. The fourth-order valence-corrected chi connectivity index (χ4v) is 2.39. The van der Waals surface area contributed by atoms with Gasteiger partial charge in [0.1, 0.15) is 0 Å². The van der Waals surface area contributed by atoms with Crippen LogP contribution in [0.25, 0.3) is 0 Å². The van der Waals surface area contributed by atoms with Gasteiger partial charge in [-0.05, 0) is 39.2 Å². The maximum Gasteiger partial charge on any atom is 0.185 e. The van der Waals surface area contributed by atoms with Crippen LogP contribution in [0, 0.1) is 5.92 Å². The third kappa shape index (κ3) is 1.80. The van der Waals surface area contributed by atoms with Crippen LogP contribution < -0.4 is 0 Å². The lowest BCUT2D eigenvalue weighted by Crippen LogP contribution is -2.22. The van der Waals surface area contributed by atoms with E-state index in [1.165, 1.54) is 6.08 Å². The van der Waals surface area contributed by atoms with Crippen molar-refractivity contribution in [1.82, 2.24) is 0 Å². The number of Topliss-reactive ketones (excluding diaryl/α,β-unsaturated/α-hetero) is 1. The number of carbonyl (C=O) groups excluding carboxylic acids is 2. The fourth-order valence-electron chi connectivity index (χ4n) is 2.39. The first-order valence-corrected chi connectivity index (χ1v) is 5.76. The first kappa shape index (κ1) is 11.1. The van der Waals surface area contributed by atoms with Crippen LogP contribution in [0.1, 0.15) is 33.1 Å². The minimum Gasteiger partial charge on any atom is -0.290 e. The molecule has 0 amide bonds. The van der Waals surface area contributed by atoms with Crippen LogP contribution >= 0.6 is 0 Å². The molecule has 2 aliphatic rings. The van der Waals surface area contributed by atoms with Gasteiger partial charge >= 0.3 is 0 Å². The van der Waals surface area contributed by atoms with Crippen molar-refractivity contribution < 1.29 is 9.59 Å². The first-order valence-electron chi connectivity index (χ1n) is 5.76. The quantitative estimate of drug-likeness (QED) is 0.499. The van der Waals surface area contributed by atoms with Crippen LogP contribution in [0.2, 0.25) is 0 Å². The van der Waals surface area contributed by atoms with Gasteiger partial charge in [-0.25, -0.2) is 0 Å². The van der Waals surface area contributed by atoms with Gasteiger partial charge in [0.25, 0.3) is 0 Å². The van der Waals surface area contributed by atoms with Crippen molar-refractivity contribution in [3.8, 4) is 0 Å². The van der Waals surface area contributed by atoms with Crippen molar-refractivity contribution >= 4 is 11.6 Å². The molecule has 0 saturated heterocycles. The van der Waals surface area contributed by atoms with Crippen LogP contribution in [0.4, 0.5) is 0 Å². The molecule has 0 aliphatic heterocycles. The molecule has 0 fully saturated rings. The third-order valence-corrected chi connectivity index (χ3v) is 3.35. The van der Waals surface area contributed by atoms with Crippen LogP contribution in [0.5, 0.6) is 0 Å². The van der Waals surface area contributed by atoms with E-state index < -0.39 is 0 Å². The van der Waals surface area contributed by atoms with E-state index in [2.05, 4.69) is 12.2 Å². The molecule has 0 saturated carbocycles. The number of rotatable bonds is 1. The van der Waals surface area contributed by atoms with Gasteiger partial charge in [-0.15, -0.1) is 0 Å². The number of ketones is 2. The molecule has 0 radical (unpaired) electrons. The van der Waals surface area contributed by atoms with Crippen molar-refractivity contribution in [2.45, 2.75) is 33.1 Å². The Bertz CT molecular complexity index is 436. The Balaban J connectivity index is 2.41. The summed E-state index contributed by atoms with van der Waals surface area (Å²) in [5.74, 6) is 0.188. The maximum atomic E-state index is 12.1. The number of allylic oxidation sites excluding steroid dienone is 6. The van der Waals surface area contributed by atoms with Crippen LogP contribution in [0.3, 0.4) is 0 Å². The van der Waals surface area contributed by atoms with Gasteiger partial charge in [-0.1, -0.05) is 12.2 Å². The Hall–Kier alpha value is -1.44. The van der Waals surface area contributed by atoms with Gasteiger partial charge < -0.3 is 0 Å². The summed E-state index contributed by atoms with van der Waals surface area (Å²) < 4.78 is 0. The van der Waals surface area contributed by atoms with Crippen LogP contribution in [-0.2, 0) is 9.59 Å². The molecule has 0 aromatic heterocycles. The summed E-state index contributed by atoms with van der Waals surface area (Å²) in [5, 5.41) is 0. The lowest BCUT2D eigenvalue weighted by Gasteiger charge is -2.23. The second-order valence-corrected chi connectivity index (χ2v) is 4.52. The minimum absolute atomic E-state index is 0.00827. The Morgan fingerprint density at radius 3 is 2.62 bits per heavy atom. The van der Waals surface area contributed by atoms with E-state index in [1.54, 1.807) is 13.8 Å². The largest absolute Gasteiger partial charge is 0.290 e. The number of hydrogen-bond donors (Lipinski definition) is 0. The number of hydrogen-bond acceptors (Lipinski definition) is 2. The highest BCUT2D eigenvalue weighted by atomic mass is 16.1. The molecule has 1 unspecified atom stereocenters. The Labute approximate surface area is 95.7 Å². The zero-order chi connectivity index (χ0) is 11.7. The second-order valence-electron chi connectivity index (χ2n) is 4.52. The van der Waals surface area contributed by atoms with Crippen LogP contribution in [-0.4, -0.2) is 11.6 Å². The van der Waals surface area contributed by atoms with Crippen molar-refractivity contribution in [3.63, 3.8) is 0 Å². The lowest BCUT2D eigenvalue weighted by atomic mass is 9.79. The molecule has 2 aliphatic carbocycles. The molecule has 84 valence electrons. The molecule has 0 aromatic carbocycles. The Morgan fingerprint density at radius 1 is 1.25 bits per heavy atom. The molecule has 0 bridgehead atoms. The molecule has 2 rings (SSSR count). The van der Waals surface area contributed by atoms with E-state index in [-0.39, 0.29) is 17.5 Å². The zero-order valence-corrected chi connectivity index (χ0v) is 9.75.